The van der Waals surface area contributed by atoms with Gasteiger partial charge in [0.1, 0.15) is 0 Å². The molecule has 0 bridgehead atoms. The van der Waals surface area contributed by atoms with Crippen LogP contribution in [0.1, 0.15) is 21.5 Å². The first-order valence-corrected chi connectivity index (χ1v) is 11.0. The Labute approximate surface area is 196 Å². The molecule has 0 aliphatic rings. The molecule has 3 aromatic carbocycles. The van der Waals surface area contributed by atoms with Gasteiger partial charge in [0, 0.05) is 21.6 Å². The normalized spacial score (nSPS) is 10.9. The summed E-state index contributed by atoms with van der Waals surface area (Å²) in [6.45, 7) is 0.701. The summed E-state index contributed by atoms with van der Waals surface area (Å²) in [5.41, 5.74) is 2.61. The summed E-state index contributed by atoms with van der Waals surface area (Å²) < 4.78 is 2.74. The molecule has 5 nitrogen and oxygen atoms in total. The summed E-state index contributed by atoms with van der Waals surface area (Å²) >= 11 is 14.8. The van der Waals surface area contributed by atoms with Crippen LogP contribution in [-0.4, -0.2) is 15.5 Å². The van der Waals surface area contributed by atoms with Crippen molar-refractivity contribution in [3.8, 4) is 0 Å². The highest BCUT2D eigenvalue weighted by atomic mass is 79.9. The average molecular weight is 515 g/mol. The molecule has 0 spiro atoms. The zero-order chi connectivity index (χ0) is 22.0. The Morgan fingerprint density at radius 1 is 1.06 bits per heavy atom. The number of nitrogens with zero attached hydrogens (tertiary/aromatic N) is 1. The minimum absolute atomic E-state index is 0.204. The topological polar surface area (TPSA) is 66.9 Å². The van der Waals surface area contributed by atoms with Crippen molar-refractivity contribution in [1.29, 1.82) is 0 Å². The average Bonchev–Trinajstić information content (AvgIpc) is 2.74. The second-order valence-electron chi connectivity index (χ2n) is 7.02. The molecule has 4 aromatic rings. The highest BCUT2D eigenvalue weighted by molar-refractivity contribution is 9.10. The third-order valence-electron chi connectivity index (χ3n) is 4.82. The van der Waals surface area contributed by atoms with Crippen molar-refractivity contribution in [2.45, 2.75) is 13.1 Å². The van der Waals surface area contributed by atoms with Gasteiger partial charge in [-0.05, 0) is 65.8 Å². The second-order valence-corrected chi connectivity index (χ2v) is 8.76. The van der Waals surface area contributed by atoms with Crippen LogP contribution in [-0.2, 0) is 13.1 Å². The van der Waals surface area contributed by atoms with Gasteiger partial charge < -0.3 is 10.3 Å². The first-order valence-electron chi connectivity index (χ1n) is 9.45. The van der Waals surface area contributed by atoms with Crippen LogP contribution < -0.4 is 10.9 Å². The van der Waals surface area contributed by atoms with Crippen molar-refractivity contribution >= 4 is 56.6 Å². The molecule has 2 N–H and O–H groups in total. The Kier molecular flexibility index (Phi) is 6.36. The summed E-state index contributed by atoms with van der Waals surface area (Å²) in [4.78, 5) is 28.7. The van der Waals surface area contributed by atoms with Gasteiger partial charge in [0.25, 0.3) is 11.5 Å². The first kappa shape index (κ1) is 21.5. The molecule has 4 rings (SSSR count). The maximum atomic E-state index is 13.0. The number of rotatable bonds is 5. The number of aromatic nitrogens is 2. The maximum absolute atomic E-state index is 13.0. The van der Waals surface area contributed by atoms with Crippen LogP contribution in [0.4, 0.5) is 0 Å². The van der Waals surface area contributed by atoms with E-state index in [1.165, 1.54) is 4.57 Å². The summed E-state index contributed by atoms with van der Waals surface area (Å²) in [6.07, 6.45) is 0. The molecule has 8 heteroatoms. The monoisotopic (exact) mass is 513 g/mol. The SMILES string of the molecule is O=C(NCc1cccc(Cl)c1)c1ccc2c(=O)n(Cc3cccc(Br)c3)c(=S)[nH]c2c1. The minimum Gasteiger partial charge on any atom is -0.348 e. The van der Waals surface area contributed by atoms with Crippen molar-refractivity contribution in [2.75, 3.05) is 0 Å². The van der Waals surface area contributed by atoms with Crippen molar-refractivity contribution in [2.24, 2.45) is 0 Å². The van der Waals surface area contributed by atoms with Crippen molar-refractivity contribution < 1.29 is 4.79 Å². The van der Waals surface area contributed by atoms with Gasteiger partial charge in [-0.1, -0.05) is 51.8 Å². The maximum Gasteiger partial charge on any atom is 0.262 e. The molecular weight excluding hydrogens is 498 g/mol. The van der Waals surface area contributed by atoms with E-state index in [1.807, 2.05) is 36.4 Å². The van der Waals surface area contributed by atoms with Crippen molar-refractivity contribution in [1.82, 2.24) is 14.9 Å². The lowest BCUT2D eigenvalue weighted by Crippen LogP contribution is -2.24. The molecule has 1 aromatic heterocycles. The molecule has 1 heterocycles. The molecule has 0 unspecified atom stereocenters. The number of carbonyl (C=O) groups excluding carboxylic acids is 1. The van der Waals surface area contributed by atoms with Crippen LogP contribution in [0.15, 0.2) is 76.0 Å². The van der Waals surface area contributed by atoms with Gasteiger partial charge >= 0.3 is 0 Å². The lowest BCUT2D eigenvalue weighted by Gasteiger charge is -2.10. The van der Waals surface area contributed by atoms with Crippen LogP contribution in [0.2, 0.25) is 5.02 Å². The van der Waals surface area contributed by atoms with E-state index in [0.29, 0.717) is 39.3 Å². The number of fused-ring (bicyclic) bond motifs is 1. The van der Waals surface area contributed by atoms with E-state index < -0.39 is 0 Å². The van der Waals surface area contributed by atoms with Gasteiger partial charge in [0.2, 0.25) is 0 Å². The number of benzene rings is 3. The number of halogens is 2. The molecule has 0 aliphatic heterocycles. The quantitative estimate of drug-likeness (QED) is 0.348. The Morgan fingerprint density at radius 3 is 2.61 bits per heavy atom. The fourth-order valence-electron chi connectivity index (χ4n) is 3.29. The zero-order valence-corrected chi connectivity index (χ0v) is 19.4. The second kappa shape index (κ2) is 9.18. The summed E-state index contributed by atoms with van der Waals surface area (Å²) in [6, 6.07) is 19.9. The number of hydrogen-bond acceptors (Lipinski definition) is 3. The fraction of sp³-hybridized carbons (Fsp3) is 0.0870. The van der Waals surface area contributed by atoms with E-state index >= 15 is 0 Å². The Balaban J connectivity index is 1.60. The Hall–Kier alpha value is -2.74. The van der Waals surface area contributed by atoms with Crippen LogP contribution in [0.5, 0.6) is 0 Å². The van der Waals surface area contributed by atoms with Gasteiger partial charge in [-0.15, -0.1) is 0 Å². The first-order chi connectivity index (χ1) is 14.9. The van der Waals surface area contributed by atoms with Gasteiger partial charge in [-0.25, -0.2) is 0 Å². The molecule has 1 amide bonds. The number of nitrogens with one attached hydrogen (secondary N) is 2. The molecule has 0 atom stereocenters. The third-order valence-corrected chi connectivity index (χ3v) is 5.87. The molecule has 0 aliphatic carbocycles. The van der Waals surface area contributed by atoms with Gasteiger partial charge in [-0.2, -0.15) is 0 Å². The number of carbonyl (C=O) groups is 1. The van der Waals surface area contributed by atoms with Gasteiger partial charge in [0.05, 0.1) is 17.4 Å². The standard InChI is InChI=1S/C23H17BrClN3O2S/c24-17-5-1-4-15(9-17)13-28-22(30)19-8-7-16(11-20(19)27-23(28)31)21(29)26-12-14-3-2-6-18(25)10-14/h1-11H,12-13H2,(H,26,29)(H,27,31). The van der Waals surface area contributed by atoms with Crippen LogP contribution in [0.3, 0.4) is 0 Å². The highest BCUT2D eigenvalue weighted by Crippen LogP contribution is 2.15. The fourth-order valence-corrected chi connectivity index (χ4v) is 4.21. The summed E-state index contributed by atoms with van der Waals surface area (Å²) in [5.74, 6) is -0.250. The molecule has 156 valence electrons. The molecule has 0 saturated heterocycles. The highest BCUT2D eigenvalue weighted by Gasteiger charge is 2.11. The number of amides is 1. The van der Waals surface area contributed by atoms with Crippen LogP contribution in [0.25, 0.3) is 10.9 Å². The summed E-state index contributed by atoms with van der Waals surface area (Å²) in [7, 11) is 0. The lowest BCUT2D eigenvalue weighted by molar-refractivity contribution is 0.0951. The van der Waals surface area contributed by atoms with Crippen LogP contribution >= 0.6 is 39.7 Å². The van der Waals surface area contributed by atoms with Crippen molar-refractivity contribution in [3.05, 3.63) is 108 Å². The van der Waals surface area contributed by atoms with E-state index in [0.717, 1.165) is 15.6 Å². The number of hydrogen-bond donors (Lipinski definition) is 2. The molecular formula is C23H17BrClN3O2S. The molecule has 0 fully saturated rings. The largest absolute Gasteiger partial charge is 0.348 e. The predicted octanol–water partition coefficient (Wildman–Crippen LogP) is 5.45. The third kappa shape index (κ3) is 4.95. The molecule has 31 heavy (non-hydrogen) atoms. The zero-order valence-electron chi connectivity index (χ0n) is 16.2. The van der Waals surface area contributed by atoms with E-state index in [1.54, 1.807) is 30.3 Å². The van der Waals surface area contributed by atoms with Crippen LogP contribution in [0, 0.1) is 4.77 Å². The minimum atomic E-state index is -0.250. The summed E-state index contributed by atoms with van der Waals surface area (Å²) in [5, 5.41) is 3.94. The van der Waals surface area contributed by atoms with E-state index in [2.05, 4.69) is 26.2 Å². The smallest absolute Gasteiger partial charge is 0.262 e. The lowest BCUT2D eigenvalue weighted by atomic mass is 10.1. The molecule has 0 radical (unpaired) electrons. The number of H-pyrrole nitrogens is 1. The Morgan fingerprint density at radius 2 is 1.84 bits per heavy atom. The van der Waals surface area contributed by atoms with Gasteiger partial charge in [0.15, 0.2) is 4.77 Å². The Bertz CT molecular complexity index is 1410. The molecule has 0 saturated carbocycles. The van der Waals surface area contributed by atoms with E-state index in [4.69, 9.17) is 23.8 Å². The predicted molar refractivity (Wildman–Crippen MR) is 129 cm³/mol. The van der Waals surface area contributed by atoms with E-state index in [-0.39, 0.29) is 11.5 Å². The van der Waals surface area contributed by atoms with Gasteiger partial charge in [-0.3, -0.25) is 14.2 Å². The van der Waals surface area contributed by atoms with Crippen molar-refractivity contribution in [3.63, 3.8) is 0 Å². The number of aromatic amines is 1. The van der Waals surface area contributed by atoms with E-state index in [9.17, 15) is 9.59 Å².